The van der Waals surface area contributed by atoms with E-state index in [0.29, 0.717) is 17.4 Å². The molecule has 0 saturated heterocycles. The molecule has 0 aliphatic carbocycles. The van der Waals surface area contributed by atoms with E-state index < -0.39 is 17.5 Å². The Morgan fingerprint density at radius 3 is 2.80 bits per heavy atom. The van der Waals surface area contributed by atoms with Crippen molar-refractivity contribution in [2.75, 3.05) is 13.6 Å². The maximum Gasteiger partial charge on any atom is 0.294 e. The number of nitrogens with zero attached hydrogens (tertiary/aromatic N) is 1. The van der Waals surface area contributed by atoms with E-state index in [1.165, 1.54) is 23.2 Å². The molecule has 1 aromatic heterocycles. The van der Waals surface area contributed by atoms with Crippen molar-refractivity contribution >= 4 is 22.6 Å². The quantitative estimate of drug-likeness (QED) is 0.674. The Bertz CT molecular complexity index is 648. The number of likely N-dealkylation sites (N-methyl/N-ethyl adjacent to an activating group) is 1. The highest BCUT2D eigenvalue weighted by Gasteiger charge is 2.23. The molecule has 0 fully saturated rings. The predicted octanol–water partition coefficient (Wildman–Crippen LogP) is 2.75. The highest BCUT2D eigenvalue weighted by Crippen LogP contribution is 2.20. The number of Topliss-reactive ketones (excluding diaryl/α,β-unsaturated/α-hetero) is 1. The first-order chi connectivity index (χ1) is 9.54. The van der Waals surface area contributed by atoms with Gasteiger partial charge in [0.2, 0.25) is 0 Å². The van der Waals surface area contributed by atoms with E-state index in [-0.39, 0.29) is 5.56 Å². The molecule has 1 aromatic carbocycles. The van der Waals surface area contributed by atoms with Crippen molar-refractivity contribution < 1.29 is 14.0 Å². The van der Waals surface area contributed by atoms with Gasteiger partial charge in [0.15, 0.2) is 0 Å². The minimum atomic E-state index is -0.611. The zero-order valence-corrected chi connectivity index (χ0v) is 11.6. The molecule has 20 heavy (non-hydrogen) atoms. The summed E-state index contributed by atoms with van der Waals surface area (Å²) in [5, 5.41) is 0.437. The van der Waals surface area contributed by atoms with Crippen molar-refractivity contribution in [3.05, 3.63) is 35.8 Å². The molecule has 0 radical (unpaired) electrons. The molecule has 0 spiro atoms. The topological polar surface area (TPSA) is 53.2 Å². The van der Waals surface area contributed by atoms with Gasteiger partial charge in [0.25, 0.3) is 11.7 Å². The van der Waals surface area contributed by atoms with E-state index in [0.717, 1.165) is 12.8 Å². The Balaban J connectivity index is 2.27. The number of amides is 1. The van der Waals surface area contributed by atoms with Crippen molar-refractivity contribution in [3.63, 3.8) is 0 Å². The number of aromatic amines is 1. The summed E-state index contributed by atoms with van der Waals surface area (Å²) in [6.45, 7) is 2.56. The lowest BCUT2D eigenvalue weighted by atomic mass is 10.1. The number of carbonyl (C=O) groups is 2. The van der Waals surface area contributed by atoms with Crippen LogP contribution in [-0.2, 0) is 4.79 Å². The van der Waals surface area contributed by atoms with E-state index in [4.69, 9.17) is 0 Å². The van der Waals surface area contributed by atoms with Crippen LogP contribution in [0.2, 0.25) is 0 Å². The summed E-state index contributed by atoms with van der Waals surface area (Å²) in [5.74, 6) is -1.61. The van der Waals surface area contributed by atoms with Crippen LogP contribution >= 0.6 is 0 Å². The zero-order valence-electron chi connectivity index (χ0n) is 11.6. The molecule has 1 amide bonds. The average Bonchev–Trinajstić information content (AvgIpc) is 2.85. The molecular weight excluding hydrogens is 259 g/mol. The fraction of sp³-hybridized carbons (Fsp3) is 0.333. The van der Waals surface area contributed by atoms with Gasteiger partial charge in [-0.1, -0.05) is 13.3 Å². The molecule has 4 nitrogen and oxygen atoms in total. The summed E-state index contributed by atoms with van der Waals surface area (Å²) in [6, 6.07) is 4.12. The fourth-order valence-electron chi connectivity index (χ4n) is 2.07. The van der Waals surface area contributed by atoms with Crippen LogP contribution in [0, 0.1) is 5.82 Å². The lowest BCUT2D eigenvalue weighted by molar-refractivity contribution is -0.125. The molecule has 0 bridgehead atoms. The number of carbonyl (C=O) groups excluding carboxylic acids is 2. The number of H-pyrrole nitrogens is 1. The Kier molecular flexibility index (Phi) is 4.17. The Labute approximate surface area is 116 Å². The van der Waals surface area contributed by atoms with Gasteiger partial charge in [0.05, 0.1) is 5.56 Å². The van der Waals surface area contributed by atoms with Gasteiger partial charge >= 0.3 is 0 Å². The van der Waals surface area contributed by atoms with Crippen molar-refractivity contribution in [3.8, 4) is 0 Å². The monoisotopic (exact) mass is 276 g/mol. The summed E-state index contributed by atoms with van der Waals surface area (Å²) in [5.41, 5.74) is 0.853. The van der Waals surface area contributed by atoms with Crippen molar-refractivity contribution in [2.45, 2.75) is 19.8 Å². The number of benzene rings is 1. The number of ketones is 1. The van der Waals surface area contributed by atoms with Gasteiger partial charge < -0.3 is 9.88 Å². The number of nitrogens with one attached hydrogen (secondary N) is 1. The number of fused-ring (bicyclic) bond motifs is 1. The van der Waals surface area contributed by atoms with Crippen LogP contribution in [0.25, 0.3) is 10.9 Å². The van der Waals surface area contributed by atoms with E-state index in [9.17, 15) is 14.0 Å². The summed E-state index contributed by atoms with van der Waals surface area (Å²) < 4.78 is 13.3. The van der Waals surface area contributed by atoms with Gasteiger partial charge in [-0.25, -0.2) is 4.39 Å². The molecule has 0 unspecified atom stereocenters. The summed E-state index contributed by atoms with van der Waals surface area (Å²) in [6.07, 6.45) is 3.25. The van der Waals surface area contributed by atoms with Gasteiger partial charge in [0, 0.05) is 30.7 Å². The maximum absolute atomic E-state index is 13.3. The highest BCUT2D eigenvalue weighted by molar-refractivity contribution is 6.44. The molecular formula is C15H17FN2O2. The standard InChI is InChI=1S/C15H17FN2O2/c1-3-4-7-18(2)15(20)14(19)12-9-17-13-6-5-10(16)8-11(12)13/h5-6,8-9,17H,3-4,7H2,1-2H3. The van der Waals surface area contributed by atoms with E-state index in [1.54, 1.807) is 13.1 Å². The second-order valence-electron chi connectivity index (χ2n) is 4.80. The van der Waals surface area contributed by atoms with E-state index >= 15 is 0 Å². The third-order valence-electron chi connectivity index (χ3n) is 3.28. The van der Waals surface area contributed by atoms with Gasteiger partial charge in [0.1, 0.15) is 5.82 Å². The number of hydrogen-bond donors (Lipinski definition) is 1. The molecule has 2 aromatic rings. The fourth-order valence-corrected chi connectivity index (χ4v) is 2.07. The summed E-state index contributed by atoms with van der Waals surface area (Å²) >= 11 is 0. The van der Waals surface area contributed by atoms with Crippen LogP contribution in [0.1, 0.15) is 30.1 Å². The summed E-state index contributed by atoms with van der Waals surface area (Å²) in [4.78, 5) is 28.5. The largest absolute Gasteiger partial charge is 0.360 e. The average molecular weight is 276 g/mol. The maximum atomic E-state index is 13.3. The van der Waals surface area contributed by atoms with Crippen molar-refractivity contribution in [1.82, 2.24) is 9.88 Å². The molecule has 106 valence electrons. The molecule has 2 rings (SSSR count). The van der Waals surface area contributed by atoms with Gasteiger partial charge in [-0.15, -0.1) is 0 Å². The Hall–Kier alpha value is -2.17. The summed E-state index contributed by atoms with van der Waals surface area (Å²) in [7, 11) is 1.60. The molecule has 1 N–H and O–H groups in total. The molecule has 1 heterocycles. The number of halogens is 1. The number of rotatable bonds is 5. The number of unbranched alkanes of at least 4 members (excludes halogenated alkanes) is 1. The first-order valence-corrected chi connectivity index (χ1v) is 6.61. The highest BCUT2D eigenvalue weighted by atomic mass is 19.1. The number of hydrogen-bond acceptors (Lipinski definition) is 2. The van der Waals surface area contributed by atoms with Crippen molar-refractivity contribution in [2.24, 2.45) is 0 Å². The van der Waals surface area contributed by atoms with Crippen LogP contribution in [0.3, 0.4) is 0 Å². The van der Waals surface area contributed by atoms with E-state index in [2.05, 4.69) is 4.98 Å². The minimum Gasteiger partial charge on any atom is -0.360 e. The lowest BCUT2D eigenvalue weighted by Crippen LogP contribution is -2.33. The van der Waals surface area contributed by atoms with Gasteiger partial charge in [-0.3, -0.25) is 9.59 Å². The van der Waals surface area contributed by atoms with Gasteiger partial charge in [-0.05, 0) is 24.6 Å². The second kappa shape index (κ2) is 5.86. The molecule has 5 heteroatoms. The van der Waals surface area contributed by atoms with Crippen LogP contribution in [-0.4, -0.2) is 35.2 Å². The number of aromatic nitrogens is 1. The minimum absolute atomic E-state index is 0.216. The third-order valence-corrected chi connectivity index (χ3v) is 3.28. The van der Waals surface area contributed by atoms with Crippen LogP contribution in [0.4, 0.5) is 4.39 Å². The molecule has 0 saturated carbocycles. The third kappa shape index (κ3) is 2.71. The van der Waals surface area contributed by atoms with Crippen LogP contribution < -0.4 is 0 Å². The Morgan fingerprint density at radius 2 is 2.10 bits per heavy atom. The van der Waals surface area contributed by atoms with Crippen molar-refractivity contribution in [1.29, 1.82) is 0 Å². The molecule has 0 aliphatic heterocycles. The molecule has 0 atom stereocenters. The first-order valence-electron chi connectivity index (χ1n) is 6.61. The Morgan fingerprint density at radius 1 is 1.35 bits per heavy atom. The lowest BCUT2D eigenvalue weighted by Gasteiger charge is -2.15. The second-order valence-corrected chi connectivity index (χ2v) is 4.80. The normalized spacial score (nSPS) is 10.8. The van der Waals surface area contributed by atoms with Crippen LogP contribution in [0.5, 0.6) is 0 Å². The molecule has 0 aliphatic rings. The zero-order chi connectivity index (χ0) is 14.7. The van der Waals surface area contributed by atoms with Crippen LogP contribution in [0.15, 0.2) is 24.4 Å². The SMILES string of the molecule is CCCCN(C)C(=O)C(=O)c1c[nH]c2ccc(F)cc12. The predicted molar refractivity (Wildman–Crippen MR) is 75.1 cm³/mol. The first kappa shape index (κ1) is 14.2. The van der Waals surface area contributed by atoms with Gasteiger partial charge in [-0.2, -0.15) is 0 Å². The van der Waals surface area contributed by atoms with E-state index in [1.807, 2.05) is 6.92 Å². The smallest absolute Gasteiger partial charge is 0.294 e.